The predicted octanol–water partition coefficient (Wildman–Crippen LogP) is 0.482. The summed E-state index contributed by atoms with van der Waals surface area (Å²) in [5, 5.41) is 13.1. The predicted molar refractivity (Wildman–Crippen MR) is 74.3 cm³/mol. The number of ether oxygens (including phenoxy) is 3. The van der Waals surface area contributed by atoms with E-state index in [1.807, 2.05) is 12.1 Å². The summed E-state index contributed by atoms with van der Waals surface area (Å²) in [5.74, 6) is 0.898. The molecule has 3 atom stereocenters. The number of para-hydroxylation sites is 2. The molecule has 1 aromatic rings. The first-order valence-corrected chi connectivity index (χ1v) is 7.09. The fraction of sp³-hybridized carbons (Fsp3) is 0.533. The van der Waals surface area contributed by atoms with Gasteiger partial charge in [-0.05, 0) is 19.1 Å². The minimum Gasteiger partial charge on any atom is -0.485 e. The van der Waals surface area contributed by atoms with Gasteiger partial charge in [0.25, 0.3) is 5.91 Å². The topological polar surface area (TPSA) is 77.0 Å². The molecule has 6 heteroatoms. The van der Waals surface area contributed by atoms with Gasteiger partial charge in [0.2, 0.25) is 6.10 Å². The third-order valence-electron chi connectivity index (χ3n) is 4.03. The number of rotatable bonds is 3. The number of hydrogen-bond acceptors (Lipinski definition) is 5. The van der Waals surface area contributed by atoms with Crippen LogP contribution in [0.4, 0.5) is 0 Å². The largest absolute Gasteiger partial charge is 0.485 e. The van der Waals surface area contributed by atoms with E-state index in [2.05, 4.69) is 5.32 Å². The van der Waals surface area contributed by atoms with E-state index in [1.54, 1.807) is 19.1 Å². The molecule has 0 aromatic heterocycles. The first-order chi connectivity index (χ1) is 10.1. The maximum absolute atomic E-state index is 12.1. The van der Waals surface area contributed by atoms with Crippen molar-refractivity contribution in [2.75, 3.05) is 19.8 Å². The van der Waals surface area contributed by atoms with E-state index in [-0.39, 0.29) is 25.2 Å². The Morgan fingerprint density at radius 2 is 2.19 bits per heavy atom. The molecule has 3 rings (SSSR count). The van der Waals surface area contributed by atoms with Crippen molar-refractivity contribution in [3.8, 4) is 11.5 Å². The smallest absolute Gasteiger partial charge is 0.264 e. The van der Waals surface area contributed by atoms with Crippen LogP contribution in [0, 0.1) is 0 Å². The Morgan fingerprint density at radius 3 is 2.90 bits per heavy atom. The van der Waals surface area contributed by atoms with Gasteiger partial charge in [-0.3, -0.25) is 4.79 Å². The summed E-state index contributed by atoms with van der Waals surface area (Å²) in [5.41, 5.74) is -1.01. The van der Waals surface area contributed by atoms with Gasteiger partial charge >= 0.3 is 0 Å². The molecule has 1 saturated heterocycles. The number of carbonyl (C=O) groups is 1. The maximum Gasteiger partial charge on any atom is 0.264 e. The second-order valence-electron chi connectivity index (χ2n) is 5.45. The molecule has 1 amide bonds. The Bertz CT molecular complexity index is 535. The van der Waals surface area contributed by atoms with Crippen LogP contribution in [0.5, 0.6) is 11.5 Å². The van der Waals surface area contributed by atoms with Crippen LogP contribution in [-0.2, 0) is 9.53 Å². The fourth-order valence-electron chi connectivity index (χ4n) is 2.51. The normalized spacial score (nSPS) is 31.0. The van der Waals surface area contributed by atoms with E-state index in [9.17, 15) is 9.90 Å². The molecule has 3 unspecified atom stereocenters. The fourth-order valence-corrected chi connectivity index (χ4v) is 2.51. The van der Waals surface area contributed by atoms with Crippen molar-refractivity contribution < 1.29 is 24.1 Å². The summed E-state index contributed by atoms with van der Waals surface area (Å²) in [4.78, 5) is 12.1. The van der Waals surface area contributed by atoms with Gasteiger partial charge in [0.05, 0.1) is 6.10 Å². The van der Waals surface area contributed by atoms with Crippen molar-refractivity contribution >= 4 is 5.91 Å². The van der Waals surface area contributed by atoms with Crippen molar-refractivity contribution in [3.05, 3.63) is 24.3 Å². The first kappa shape index (κ1) is 14.2. The van der Waals surface area contributed by atoms with Gasteiger partial charge < -0.3 is 24.6 Å². The van der Waals surface area contributed by atoms with Crippen LogP contribution < -0.4 is 14.8 Å². The standard InChI is InChI=1S/C15H19NO5/c1-10-15(18,6-7-19-10)9-16-14(17)13-8-20-11-4-2-3-5-12(11)21-13/h2-5,10,13,18H,6-9H2,1H3,(H,16,17). The molecule has 1 fully saturated rings. The molecule has 2 heterocycles. The minimum absolute atomic E-state index is 0.147. The molecule has 2 aliphatic rings. The lowest BCUT2D eigenvalue weighted by Gasteiger charge is -2.29. The summed E-state index contributed by atoms with van der Waals surface area (Å²) in [6, 6.07) is 7.22. The third kappa shape index (κ3) is 2.82. The molecule has 0 radical (unpaired) electrons. The molecule has 2 aliphatic heterocycles. The maximum atomic E-state index is 12.1. The van der Waals surface area contributed by atoms with Crippen LogP contribution >= 0.6 is 0 Å². The Kier molecular flexibility index (Phi) is 3.73. The quantitative estimate of drug-likeness (QED) is 0.848. The number of carbonyl (C=O) groups excluding carboxylic acids is 1. The summed E-state index contributed by atoms with van der Waals surface area (Å²) in [7, 11) is 0. The Balaban J connectivity index is 1.57. The molecule has 0 spiro atoms. The average molecular weight is 293 g/mol. The average Bonchev–Trinajstić information content (AvgIpc) is 2.84. The number of hydrogen-bond donors (Lipinski definition) is 2. The molecule has 0 aliphatic carbocycles. The number of nitrogens with one attached hydrogen (secondary N) is 1. The summed E-state index contributed by atoms with van der Waals surface area (Å²) >= 11 is 0. The highest BCUT2D eigenvalue weighted by molar-refractivity contribution is 5.81. The second kappa shape index (κ2) is 5.54. The van der Waals surface area contributed by atoms with E-state index in [1.165, 1.54) is 0 Å². The lowest BCUT2D eigenvalue weighted by molar-refractivity contribution is -0.132. The number of benzene rings is 1. The molecule has 114 valence electrons. The first-order valence-electron chi connectivity index (χ1n) is 7.09. The van der Waals surface area contributed by atoms with E-state index in [4.69, 9.17) is 14.2 Å². The van der Waals surface area contributed by atoms with Crippen LogP contribution in [0.15, 0.2) is 24.3 Å². The number of aliphatic hydroxyl groups is 1. The molecule has 21 heavy (non-hydrogen) atoms. The molecule has 0 bridgehead atoms. The van der Waals surface area contributed by atoms with E-state index in [0.717, 1.165) is 0 Å². The second-order valence-corrected chi connectivity index (χ2v) is 5.45. The van der Waals surface area contributed by atoms with Gasteiger partial charge in [-0.2, -0.15) is 0 Å². The minimum atomic E-state index is -1.01. The van der Waals surface area contributed by atoms with E-state index >= 15 is 0 Å². The van der Waals surface area contributed by atoms with Crippen LogP contribution in [0.25, 0.3) is 0 Å². The van der Waals surface area contributed by atoms with Crippen molar-refractivity contribution in [2.45, 2.75) is 31.2 Å². The van der Waals surface area contributed by atoms with Gasteiger partial charge in [-0.25, -0.2) is 0 Å². The van der Waals surface area contributed by atoms with Crippen LogP contribution in [0.1, 0.15) is 13.3 Å². The zero-order chi connectivity index (χ0) is 14.9. The van der Waals surface area contributed by atoms with Crippen LogP contribution in [-0.4, -0.2) is 48.6 Å². The van der Waals surface area contributed by atoms with E-state index < -0.39 is 11.7 Å². The summed E-state index contributed by atoms with van der Waals surface area (Å²) in [6.45, 7) is 2.61. The summed E-state index contributed by atoms with van der Waals surface area (Å²) < 4.78 is 16.5. The SMILES string of the molecule is CC1OCCC1(O)CNC(=O)C1COc2ccccc2O1. The van der Waals surface area contributed by atoms with Gasteiger partial charge in [-0.1, -0.05) is 12.1 Å². The number of amides is 1. The van der Waals surface area contributed by atoms with Gasteiger partial charge in [0.1, 0.15) is 12.2 Å². The molecule has 0 saturated carbocycles. The highest BCUT2D eigenvalue weighted by Gasteiger charge is 2.40. The monoisotopic (exact) mass is 293 g/mol. The number of fused-ring (bicyclic) bond motifs is 1. The van der Waals surface area contributed by atoms with Crippen molar-refractivity contribution in [2.24, 2.45) is 0 Å². The van der Waals surface area contributed by atoms with Gasteiger partial charge in [0, 0.05) is 19.6 Å². The highest BCUT2D eigenvalue weighted by Crippen LogP contribution is 2.31. The van der Waals surface area contributed by atoms with Gasteiger partial charge in [0.15, 0.2) is 11.5 Å². The van der Waals surface area contributed by atoms with Crippen LogP contribution in [0.3, 0.4) is 0 Å². The zero-order valence-electron chi connectivity index (χ0n) is 11.9. The summed E-state index contributed by atoms with van der Waals surface area (Å²) in [6.07, 6.45) is -0.484. The van der Waals surface area contributed by atoms with Crippen LogP contribution in [0.2, 0.25) is 0 Å². The van der Waals surface area contributed by atoms with E-state index in [0.29, 0.717) is 24.5 Å². The molecule has 2 N–H and O–H groups in total. The Hall–Kier alpha value is -1.79. The van der Waals surface area contributed by atoms with Gasteiger partial charge in [-0.15, -0.1) is 0 Å². The lowest BCUT2D eigenvalue weighted by atomic mass is 9.96. The highest BCUT2D eigenvalue weighted by atomic mass is 16.6. The molecule has 6 nitrogen and oxygen atoms in total. The van der Waals surface area contributed by atoms with Crippen molar-refractivity contribution in [1.29, 1.82) is 0 Å². The molecular weight excluding hydrogens is 274 g/mol. The van der Waals surface area contributed by atoms with Crippen molar-refractivity contribution in [3.63, 3.8) is 0 Å². The lowest BCUT2D eigenvalue weighted by Crippen LogP contribution is -2.52. The Labute approximate surface area is 123 Å². The third-order valence-corrected chi connectivity index (χ3v) is 4.03. The Morgan fingerprint density at radius 1 is 1.43 bits per heavy atom. The molecule has 1 aromatic carbocycles. The zero-order valence-corrected chi connectivity index (χ0v) is 11.9. The molecular formula is C15H19NO5. The van der Waals surface area contributed by atoms with Crippen molar-refractivity contribution in [1.82, 2.24) is 5.32 Å².